The molecular weight excluding hydrogens is 410 g/mol. The van der Waals surface area contributed by atoms with E-state index in [4.69, 9.17) is 4.74 Å². The number of hydrogen-bond donors (Lipinski definition) is 2. The number of carbonyl (C=O) groups excluding carboxylic acids is 1. The average molecular weight is 436 g/mol. The van der Waals surface area contributed by atoms with Gasteiger partial charge in [-0.1, -0.05) is 73.5 Å². The number of fused-ring (bicyclic) bond motifs is 1. The summed E-state index contributed by atoms with van der Waals surface area (Å²) in [5, 5.41) is 12.3. The number of nitrogens with one attached hydrogen (secondary N) is 2. The molecule has 1 aliphatic heterocycles. The molecule has 1 fully saturated rings. The summed E-state index contributed by atoms with van der Waals surface area (Å²) in [5.41, 5.74) is 5.01. The summed E-state index contributed by atoms with van der Waals surface area (Å²) in [4.78, 5) is 13.5. The van der Waals surface area contributed by atoms with Gasteiger partial charge in [0.15, 0.2) is 5.82 Å². The van der Waals surface area contributed by atoms with Crippen molar-refractivity contribution in [3.8, 4) is 17.1 Å². The van der Waals surface area contributed by atoms with Gasteiger partial charge in [-0.15, -0.1) is 10.2 Å². The number of anilines is 1. The van der Waals surface area contributed by atoms with Gasteiger partial charge in [-0.2, -0.15) is 0 Å². The molecule has 2 aromatic carbocycles. The van der Waals surface area contributed by atoms with Crippen LogP contribution in [0.2, 0.25) is 0 Å². The monoisotopic (exact) mass is 435 g/mol. The fourth-order valence-electron chi connectivity index (χ4n) is 4.53. The Morgan fingerprint density at radius 3 is 2.61 bits per heavy atom. The molecule has 31 heavy (non-hydrogen) atoms. The van der Waals surface area contributed by atoms with Crippen LogP contribution in [0, 0.1) is 0 Å². The Hall–Kier alpha value is -3.00. The van der Waals surface area contributed by atoms with E-state index in [1.165, 1.54) is 18.2 Å². The van der Waals surface area contributed by atoms with Gasteiger partial charge in [-0.3, -0.25) is 4.79 Å². The number of carbonyl (C=O) groups is 1. The number of nitrogens with zero attached hydrogens (tertiary/aromatic N) is 3. The standard InChI is InChI=1S/C23H25N5O2S/c1-30-18-13-7-6-12-17(18)24-21(29)19-23(14-8-3-9-15-23)27-28-20(25-26-22(28)31-19)16-10-4-2-5-11-16/h2,4-7,10-13,19,27H,3,8-9,14-15H2,1H3,(H,24,29). The molecule has 0 bridgehead atoms. The minimum atomic E-state index is -0.353. The molecule has 1 atom stereocenters. The third-order valence-corrected chi connectivity index (χ3v) is 7.45. The third-order valence-electron chi connectivity index (χ3n) is 6.07. The van der Waals surface area contributed by atoms with Crippen LogP contribution in [0.25, 0.3) is 11.4 Å². The Morgan fingerprint density at radius 1 is 1.10 bits per heavy atom. The molecule has 160 valence electrons. The number of methoxy groups -OCH3 is 1. The van der Waals surface area contributed by atoms with Gasteiger partial charge >= 0.3 is 0 Å². The SMILES string of the molecule is COc1ccccc1NC(=O)C1Sc2nnc(-c3ccccc3)n2NC12CCCCC2. The summed E-state index contributed by atoms with van der Waals surface area (Å²) >= 11 is 1.49. The van der Waals surface area contributed by atoms with Crippen LogP contribution in [0.15, 0.2) is 59.8 Å². The van der Waals surface area contributed by atoms with Gasteiger partial charge in [0, 0.05) is 5.56 Å². The number of para-hydroxylation sites is 2. The highest BCUT2D eigenvalue weighted by atomic mass is 32.2. The fraction of sp³-hybridized carbons (Fsp3) is 0.348. The highest BCUT2D eigenvalue weighted by molar-refractivity contribution is 8.00. The van der Waals surface area contributed by atoms with E-state index in [1.807, 2.05) is 59.3 Å². The molecule has 0 saturated heterocycles. The van der Waals surface area contributed by atoms with Gasteiger partial charge in [0.1, 0.15) is 11.0 Å². The lowest BCUT2D eigenvalue weighted by Crippen LogP contribution is -2.59. The Labute approximate surface area is 185 Å². The van der Waals surface area contributed by atoms with Gasteiger partial charge in [-0.05, 0) is 25.0 Å². The van der Waals surface area contributed by atoms with Crippen molar-refractivity contribution in [2.24, 2.45) is 0 Å². The van der Waals surface area contributed by atoms with Crippen LogP contribution < -0.4 is 15.5 Å². The number of thioether (sulfide) groups is 1. The molecule has 7 nitrogen and oxygen atoms in total. The van der Waals surface area contributed by atoms with E-state index >= 15 is 0 Å². The van der Waals surface area contributed by atoms with Gasteiger partial charge < -0.3 is 15.5 Å². The fourth-order valence-corrected chi connectivity index (χ4v) is 5.74. The molecule has 5 rings (SSSR count). The van der Waals surface area contributed by atoms with Crippen LogP contribution in [-0.2, 0) is 4.79 Å². The molecule has 8 heteroatoms. The van der Waals surface area contributed by atoms with Crippen LogP contribution in [0.4, 0.5) is 5.69 Å². The maximum absolute atomic E-state index is 13.5. The van der Waals surface area contributed by atoms with Crippen LogP contribution in [-0.4, -0.2) is 38.7 Å². The van der Waals surface area contributed by atoms with Crippen LogP contribution in [0.3, 0.4) is 0 Å². The van der Waals surface area contributed by atoms with E-state index in [0.29, 0.717) is 16.6 Å². The van der Waals surface area contributed by atoms with Crippen LogP contribution >= 0.6 is 11.8 Å². The lowest BCUT2D eigenvalue weighted by atomic mass is 9.79. The lowest BCUT2D eigenvalue weighted by molar-refractivity contribution is -0.117. The molecule has 1 saturated carbocycles. The quantitative estimate of drug-likeness (QED) is 0.636. The summed E-state index contributed by atoms with van der Waals surface area (Å²) in [5.74, 6) is 1.38. The molecule has 2 N–H and O–H groups in total. The van der Waals surface area contributed by atoms with E-state index in [2.05, 4.69) is 20.9 Å². The predicted octanol–water partition coefficient (Wildman–Crippen LogP) is 4.31. The molecule has 1 aromatic heterocycles. The smallest absolute Gasteiger partial charge is 0.240 e. The number of amides is 1. The Balaban J connectivity index is 1.49. The largest absolute Gasteiger partial charge is 0.495 e. The zero-order chi connectivity index (χ0) is 21.3. The minimum Gasteiger partial charge on any atom is -0.495 e. The third kappa shape index (κ3) is 3.65. The second-order valence-corrected chi connectivity index (χ2v) is 9.10. The molecule has 1 aliphatic carbocycles. The second kappa shape index (κ2) is 8.26. The topological polar surface area (TPSA) is 81.1 Å². The van der Waals surface area contributed by atoms with E-state index in [0.717, 1.165) is 37.1 Å². The Morgan fingerprint density at radius 2 is 1.84 bits per heavy atom. The van der Waals surface area contributed by atoms with Crippen molar-refractivity contribution in [1.29, 1.82) is 0 Å². The summed E-state index contributed by atoms with van der Waals surface area (Å²) in [6, 6.07) is 17.5. The first-order chi connectivity index (χ1) is 15.2. The van der Waals surface area contributed by atoms with Gasteiger partial charge in [-0.25, -0.2) is 4.68 Å². The number of ether oxygens (including phenoxy) is 1. The van der Waals surface area contributed by atoms with Crippen molar-refractivity contribution in [3.05, 3.63) is 54.6 Å². The van der Waals surface area contributed by atoms with Crippen molar-refractivity contribution in [1.82, 2.24) is 14.9 Å². The zero-order valence-corrected chi connectivity index (χ0v) is 18.2. The molecule has 2 heterocycles. The highest BCUT2D eigenvalue weighted by Gasteiger charge is 2.49. The molecule has 1 amide bonds. The molecular formula is C23H25N5O2S. The van der Waals surface area contributed by atoms with Gasteiger partial charge in [0.25, 0.3) is 0 Å². The lowest BCUT2D eigenvalue weighted by Gasteiger charge is -2.46. The number of hydrogen-bond acceptors (Lipinski definition) is 6. The zero-order valence-electron chi connectivity index (χ0n) is 17.4. The number of benzene rings is 2. The molecule has 0 radical (unpaired) electrons. The molecule has 1 spiro atoms. The maximum Gasteiger partial charge on any atom is 0.240 e. The highest BCUT2D eigenvalue weighted by Crippen LogP contribution is 2.44. The van der Waals surface area contributed by atoms with Crippen molar-refractivity contribution < 1.29 is 9.53 Å². The van der Waals surface area contributed by atoms with E-state index < -0.39 is 0 Å². The van der Waals surface area contributed by atoms with E-state index in [1.54, 1.807) is 7.11 Å². The summed E-state index contributed by atoms with van der Waals surface area (Å²) < 4.78 is 7.39. The van der Waals surface area contributed by atoms with Crippen molar-refractivity contribution in [3.63, 3.8) is 0 Å². The van der Waals surface area contributed by atoms with Crippen molar-refractivity contribution in [2.75, 3.05) is 17.9 Å². The maximum atomic E-state index is 13.5. The first-order valence-corrected chi connectivity index (χ1v) is 11.5. The van der Waals surface area contributed by atoms with Gasteiger partial charge in [0.2, 0.25) is 11.1 Å². The minimum absolute atomic E-state index is 0.0422. The first kappa shape index (κ1) is 19.9. The average Bonchev–Trinajstić information content (AvgIpc) is 3.22. The summed E-state index contributed by atoms with van der Waals surface area (Å²) in [6.45, 7) is 0. The van der Waals surface area contributed by atoms with Crippen LogP contribution in [0.1, 0.15) is 32.1 Å². The van der Waals surface area contributed by atoms with Crippen molar-refractivity contribution >= 4 is 23.4 Å². The normalized spacial score (nSPS) is 19.3. The summed E-state index contributed by atoms with van der Waals surface area (Å²) in [7, 11) is 1.61. The number of rotatable bonds is 4. The van der Waals surface area contributed by atoms with Crippen molar-refractivity contribution in [2.45, 2.75) is 48.0 Å². The van der Waals surface area contributed by atoms with E-state index in [9.17, 15) is 4.79 Å². The predicted molar refractivity (Wildman–Crippen MR) is 122 cm³/mol. The Bertz CT molecular complexity index is 1080. The summed E-state index contributed by atoms with van der Waals surface area (Å²) in [6.07, 6.45) is 5.22. The Kier molecular flexibility index (Phi) is 5.31. The van der Waals surface area contributed by atoms with Gasteiger partial charge in [0.05, 0.1) is 18.3 Å². The molecule has 1 unspecified atom stereocenters. The van der Waals surface area contributed by atoms with Crippen LogP contribution in [0.5, 0.6) is 5.75 Å². The first-order valence-electron chi connectivity index (χ1n) is 10.6. The molecule has 3 aromatic rings. The molecule has 2 aliphatic rings. The van der Waals surface area contributed by atoms with E-state index in [-0.39, 0.29) is 16.7 Å². The second-order valence-electron chi connectivity index (χ2n) is 8.02. The number of aromatic nitrogens is 3.